The molecule has 2 aromatic heterocycles. The molecule has 1 amide bonds. The third-order valence-electron chi connectivity index (χ3n) is 2.35. The standard InChI is InChI=1S/C12H11N3O4/c1-7-5-8(19-15-7)6-14-11(16)10-9(12(17)18)3-2-4-13-10/h2-5H,6H2,1H3,(H,14,16)(H,17,18). The van der Waals surface area contributed by atoms with Crippen molar-refractivity contribution in [1.29, 1.82) is 0 Å². The average molecular weight is 261 g/mol. The van der Waals surface area contributed by atoms with Gasteiger partial charge >= 0.3 is 5.97 Å². The quantitative estimate of drug-likeness (QED) is 0.850. The molecule has 0 bridgehead atoms. The first-order valence-corrected chi connectivity index (χ1v) is 5.46. The summed E-state index contributed by atoms with van der Waals surface area (Å²) in [6, 6.07) is 4.46. The molecule has 0 aliphatic heterocycles. The second-order valence-corrected chi connectivity index (χ2v) is 3.82. The molecule has 0 aliphatic rings. The molecule has 0 atom stereocenters. The van der Waals surface area contributed by atoms with Gasteiger partial charge in [0.1, 0.15) is 5.69 Å². The Kier molecular flexibility index (Phi) is 3.56. The average Bonchev–Trinajstić information content (AvgIpc) is 2.81. The number of hydrogen-bond acceptors (Lipinski definition) is 5. The molecule has 0 radical (unpaired) electrons. The van der Waals surface area contributed by atoms with Gasteiger partial charge < -0.3 is 14.9 Å². The topological polar surface area (TPSA) is 105 Å². The second-order valence-electron chi connectivity index (χ2n) is 3.82. The van der Waals surface area contributed by atoms with Crippen LogP contribution in [0, 0.1) is 6.92 Å². The fourth-order valence-electron chi connectivity index (χ4n) is 1.51. The maximum atomic E-state index is 11.9. The molecule has 0 saturated carbocycles. The van der Waals surface area contributed by atoms with Crippen LogP contribution in [0.15, 0.2) is 28.9 Å². The number of carbonyl (C=O) groups is 2. The van der Waals surface area contributed by atoms with Crippen molar-refractivity contribution in [3.63, 3.8) is 0 Å². The molecule has 98 valence electrons. The highest BCUT2D eigenvalue weighted by Gasteiger charge is 2.17. The van der Waals surface area contributed by atoms with Gasteiger partial charge in [-0.3, -0.25) is 9.78 Å². The highest BCUT2D eigenvalue weighted by Crippen LogP contribution is 2.06. The van der Waals surface area contributed by atoms with E-state index in [-0.39, 0.29) is 17.8 Å². The molecule has 2 rings (SSSR count). The summed E-state index contributed by atoms with van der Waals surface area (Å²) < 4.78 is 4.93. The lowest BCUT2D eigenvalue weighted by atomic mass is 10.2. The number of aryl methyl sites for hydroxylation is 1. The van der Waals surface area contributed by atoms with Crippen LogP contribution in [0.4, 0.5) is 0 Å². The Hall–Kier alpha value is -2.70. The number of aromatic carboxylic acids is 1. The highest BCUT2D eigenvalue weighted by atomic mass is 16.5. The molecule has 7 nitrogen and oxygen atoms in total. The molecule has 7 heteroatoms. The summed E-state index contributed by atoms with van der Waals surface area (Å²) in [4.78, 5) is 26.6. The summed E-state index contributed by atoms with van der Waals surface area (Å²) in [6.07, 6.45) is 1.36. The monoisotopic (exact) mass is 261 g/mol. The van der Waals surface area contributed by atoms with Crippen LogP contribution in [0.5, 0.6) is 0 Å². The maximum Gasteiger partial charge on any atom is 0.338 e. The third-order valence-corrected chi connectivity index (χ3v) is 2.35. The zero-order valence-corrected chi connectivity index (χ0v) is 10.1. The van der Waals surface area contributed by atoms with Gasteiger partial charge in [0.15, 0.2) is 5.76 Å². The summed E-state index contributed by atoms with van der Waals surface area (Å²) in [6.45, 7) is 1.88. The Morgan fingerprint density at radius 1 is 1.47 bits per heavy atom. The number of nitrogens with one attached hydrogen (secondary N) is 1. The van der Waals surface area contributed by atoms with E-state index in [1.54, 1.807) is 13.0 Å². The number of aromatic nitrogens is 2. The number of rotatable bonds is 4. The minimum Gasteiger partial charge on any atom is -0.478 e. The van der Waals surface area contributed by atoms with E-state index < -0.39 is 11.9 Å². The van der Waals surface area contributed by atoms with Crippen LogP contribution in [0.1, 0.15) is 32.3 Å². The van der Waals surface area contributed by atoms with Crippen molar-refractivity contribution in [2.45, 2.75) is 13.5 Å². The van der Waals surface area contributed by atoms with Gasteiger partial charge in [-0.15, -0.1) is 0 Å². The molecular formula is C12H11N3O4. The molecule has 2 heterocycles. The van der Waals surface area contributed by atoms with Gasteiger partial charge in [-0.25, -0.2) is 4.79 Å². The maximum absolute atomic E-state index is 11.9. The molecule has 0 aliphatic carbocycles. The number of carboxylic acids is 1. The van der Waals surface area contributed by atoms with Crippen LogP contribution >= 0.6 is 0 Å². The zero-order chi connectivity index (χ0) is 13.8. The van der Waals surface area contributed by atoms with E-state index in [2.05, 4.69) is 15.5 Å². The second kappa shape index (κ2) is 5.30. The third kappa shape index (κ3) is 2.95. The first-order valence-electron chi connectivity index (χ1n) is 5.46. The summed E-state index contributed by atoms with van der Waals surface area (Å²) in [5.41, 5.74) is 0.424. The highest BCUT2D eigenvalue weighted by molar-refractivity contribution is 6.03. The van der Waals surface area contributed by atoms with E-state index in [9.17, 15) is 9.59 Å². The fraction of sp³-hybridized carbons (Fsp3) is 0.167. The van der Waals surface area contributed by atoms with Gasteiger partial charge in [-0.2, -0.15) is 0 Å². The van der Waals surface area contributed by atoms with Crippen LogP contribution in [-0.2, 0) is 6.54 Å². The Balaban J connectivity index is 2.10. The van der Waals surface area contributed by atoms with Crippen LogP contribution in [0.25, 0.3) is 0 Å². The molecule has 0 fully saturated rings. The van der Waals surface area contributed by atoms with Gasteiger partial charge in [0.05, 0.1) is 17.8 Å². The van der Waals surface area contributed by atoms with Crippen LogP contribution in [0.2, 0.25) is 0 Å². The largest absolute Gasteiger partial charge is 0.478 e. The molecular weight excluding hydrogens is 250 g/mol. The lowest BCUT2D eigenvalue weighted by Gasteiger charge is -2.04. The van der Waals surface area contributed by atoms with Gasteiger partial charge in [0, 0.05) is 12.3 Å². The van der Waals surface area contributed by atoms with Crippen molar-refractivity contribution < 1.29 is 19.2 Å². The van der Waals surface area contributed by atoms with Crippen molar-refractivity contribution >= 4 is 11.9 Å². The van der Waals surface area contributed by atoms with Gasteiger partial charge in [0.25, 0.3) is 5.91 Å². The number of carbonyl (C=O) groups excluding carboxylic acids is 1. The van der Waals surface area contributed by atoms with E-state index in [0.717, 1.165) is 0 Å². The molecule has 2 N–H and O–H groups in total. The Morgan fingerprint density at radius 2 is 2.26 bits per heavy atom. The molecule has 19 heavy (non-hydrogen) atoms. The fourth-order valence-corrected chi connectivity index (χ4v) is 1.51. The number of amides is 1. The molecule has 0 aromatic carbocycles. The van der Waals surface area contributed by atoms with Crippen LogP contribution in [0.3, 0.4) is 0 Å². The lowest BCUT2D eigenvalue weighted by molar-refractivity contribution is 0.0690. The van der Waals surface area contributed by atoms with E-state index in [1.807, 2.05) is 0 Å². The van der Waals surface area contributed by atoms with Crippen molar-refractivity contribution in [3.8, 4) is 0 Å². The molecule has 0 saturated heterocycles. The predicted octanol–water partition coefficient (Wildman–Crippen LogP) is 1.01. The Labute approximate surface area is 108 Å². The summed E-state index contributed by atoms with van der Waals surface area (Å²) in [5.74, 6) is -1.29. The van der Waals surface area contributed by atoms with E-state index in [0.29, 0.717) is 11.5 Å². The van der Waals surface area contributed by atoms with Crippen LogP contribution < -0.4 is 5.32 Å². The minimum absolute atomic E-state index is 0.120. The predicted molar refractivity (Wildman–Crippen MR) is 63.6 cm³/mol. The minimum atomic E-state index is -1.20. The molecule has 0 spiro atoms. The SMILES string of the molecule is Cc1cc(CNC(=O)c2ncccc2C(=O)O)on1. The lowest BCUT2D eigenvalue weighted by Crippen LogP contribution is -2.25. The van der Waals surface area contributed by atoms with Crippen molar-refractivity contribution in [2.24, 2.45) is 0 Å². The first kappa shape index (κ1) is 12.7. The summed E-state index contributed by atoms with van der Waals surface area (Å²) in [7, 11) is 0. The van der Waals surface area contributed by atoms with Gasteiger partial charge in [-0.1, -0.05) is 5.16 Å². The summed E-state index contributed by atoms with van der Waals surface area (Å²) >= 11 is 0. The number of hydrogen-bond donors (Lipinski definition) is 2. The number of pyridine rings is 1. The molecule has 2 aromatic rings. The van der Waals surface area contributed by atoms with Crippen molar-refractivity contribution in [3.05, 3.63) is 47.1 Å². The van der Waals surface area contributed by atoms with E-state index in [1.165, 1.54) is 18.3 Å². The van der Waals surface area contributed by atoms with E-state index in [4.69, 9.17) is 9.63 Å². The number of nitrogens with zero attached hydrogens (tertiary/aromatic N) is 2. The zero-order valence-electron chi connectivity index (χ0n) is 10.1. The van der Waals surface area contributed by atoms with Crippen molar-refractivity contribution in [1.82, 2.24) is 15.5 Å². The summed E-state index contributed by atoms with van der Waals surface area (Å²) in [5, 5.41) is 15.2. The van der Waals surface area contributed by atoms with E-state index >= 15 is 0 Å². The van der Waals surface area contributed by atoms with Crippen LogP contribution in [-0.4, -0.2) is 27.1 Å². The Bertz CT molecular complexity index is 621. The molecule has 0 unspecified atom stereocenters. The normalized spacial score (nSPS) is 10.2. The van der Waals surface area contributed by atoms with Crippen molar-refractivity contribution in [2.75, 3.05) is 0 Å². The smallest absolute Gasteiger partial charge is 0.338 e. The van der Waals surface area contributed by atoms with Gasteiger partial charge in [0.2, 0.25) is 0 Å². The van der Waals surface area contributed by atoms with Gasteiger partial charge in [-0.05, 0) is 19.1 Å². The first-order chi connectivity index (χ1) is 9.08. The Morgan fingerprint density at radius 3 is 2.89 bits per heavy atom. The number of carboxylic acid groups (broad SMARTS) is 1.